The van der Waals surface area contributed by atoms with Crippen LogP contribution >= 0.6 is 0 Å². The monoisotopic (exact) mass is 217 g/mol. The van der Waals surface area contributed by atoms with E-state index in [1.54, 1.807) is 23.2 Å². The van der Waals surface area contributed by atoms with E-state index in [4.69, 9.17) is 5.11 Å². The summed E-state index contributed by atoms with van der Waals surface area (Å²) < 4.78 is 1.85. The predicted molar refractivity (Wildman–Crippen MR) is 57.1 cm³/mol. The van der Waals surface area contributed by atoms with Gasteiger partial charge in [-0.1, -0.05) is 0 Å². The van der Waals surface area contributed by atoms with Crippen molar-refractivity contribution >= 4 is 11.6 Å². The van der Waals surface area contributed by atoms with Crippen molar-refractivity contribution in [2.24, 2.45) is 0 Å². The maximum atomic E-state index is 11.9. The van der Waals surface area contributed by atoms with E-state index in [0.29, 0.717) is 18.7 Å². The van der Waals surface area contributed by atoms with Gasteiger partial charge in [-0.15, -0.1) is 0 Å². The van der Waals surface area contributed by atoms with Gasteiger partial charge >= 0.3 is 0 Å². The normalized spacial score (nSPS) is 16.4. The number of fused-ring (bicyclic) bond motifs is 1. The fraction of sp³-hybridized carbons (Fsp3) is 0.273. The lowest BCUT2D eigenvalue weighted by Crippen LogP contribution is -2.53. The Bertz CT molecular complexity index is 543. The molecule has 0 bridgehead atoms. The molecule has 0 saturated carbocycles. The molecule has 82 valence electrons. The number of β-amino-alcohol motifs (C(OH)–C–C–N with tert-alkyl or cyclic N) is 1. The van der Waals surface area contributed by atoms with Gasteiger partial charge in [0, 0.05) is 37.2 Å². The standard InChI is InChI=1S/C11H11N3O2/c15-9-6-14(7-9)11(16)8-1-3-13-4-2-12-10(13)5-8/h1-5,9,15H,6-7H2. The van der Waals surface area contributed by atoms with Crippen LogP contribution in [0.25, 0.3) is 5.65 Å². The molecule has 5 nitrogen and oxygen atoms in total. The SMILES string of the molecule is O=C(c1ccn2ccnc2c1)N1CC(O)C1. The van der Waals surface area contributed by atoms with Crippen molar-refractivity contribution in [3.8, 4) is 0 Å². The Morgan fingerprint density at radius 2 is 2.25 bits per heavy atom. The molecule has 0 unspecified atom stereocenters. The third kappa shape index (κ3) is 1.37. The molecule has 1 saturated heterocycles. The lowest BCUT2D eigenvalue weighted by Gasteiger charge is -2.35. The lowest BCUT2D eigenvalue weighted by atomic mass is 10.1. The first-order valence-corrected chi connectivity index (χ1v) is 5.14. The lowest BCUT2D eigenvalue weighted by molar-refractivity contribution is 0.00589. The van der Waals surface area contributed by atoms with Crippen LogP contribution in [0.15, 0.2) is 30.7 Å². The Morgan fingerprint density at radius 3 is 3.00 bits per heavy atom. The highest BCUT2D eigenvalue weighted by molar-refractivity contribution is 5.95. The predicted octanol–water partition coefficient (Wildman–Crippen LogP) is 0.151. The number of aliphatic hydroxyl groups is 1. The van der Waals surface area contributed by atoms with E-state index in [2.05, 4.69) is 4.98 Å². The van der Waals surface area contributed by atoms with Crippen molar-refractivity contribution < 1.29 is 9.90 Å². The van der Waals surface area contributed by atoms with Crippen LogP contribution in [-0.2, 0) is 0 Å². The van der Waals surface area contributed by atoms with Gasteiger partial charge in [-0.3, -0.25) is 4.79 Å². The van der Waals surface area contributed by atoms with Gasteiger partial charge in [-0.25, -0.2) is 4.98 Å². The molecule has 1 amide bonds. The first-order chi connectivity index (χ1) is 7.74. The number of carbonyl (C=O) groups is 1. The number of aromatic nitrogens is 2. The van der Waals surface area contributed by atoms with Crippen LogP contribution in [0.1, 0.15) is 10.4 Å². The highest BCUT2D eigenvalue weighted by Gasteiger charge is 2.29. The van der Waals surface area contributed by atoms with Crippen LogP contribution < -0.4 is 0 Å². The Kier molecular flexibility index (Phi) is 1.94. The summed E-state index contributed by atoms with van der Waals surface area (Å²) in [6.45, 7) is 0.858. The number of imidazole rings is 1. The van der Waals surface area contributed by atoms with Crippen LogP contribution in [0, 0.1) is 0 Å². The Hall–Kier alpha value is -1.88. The van der Waals surface area contributed by atoms with E-state index in [1.165, 1.54) is 0 Å². The topological polar surface area (TPSA) is 57.8 Å². The summed E-state index contributed by atoms with van der Waals surface area (Å²) >= 11 is 0. The third-order valence-corrected chi connectivity index (χ3v) is 2.79. The van der Waals surface area contributed by atoms with Gasteiger partial charge in [0.15, 0.2) is 0 Å². The molecule has 0 aliphatic carbocycles. The Labute approximate surface area is 91.9 Å². The van der Waals surface area contributed by atoms with Gasteiger partial charge in [0.1, 0.15) is 5.65 Å². The first kappa shape index (κ1) is 9.35. The van der Waals surface area contributed by atoms with E-state index in [-0.39, 0.29) is 12.0 Å². The van der Waals surface area contributed by atoms with E-state index in [1.807, 2.05) is 16.8 Å². The van der Waals surface area contributed by atoms with Crippen molar-refractivity contribution in [3.63, 3.8) is 0 Å². The van der Waals surface area contributed by atoms with Crippen molar-refractivity contribution in [2.75, 3.05) is 13.1 Å². The molecule has 2 aromatic rings. The molecule has 2 aromatic heterocycles. The minimum absolute atomic E-state index is 0.0456. The number of rotatable bonds is 1. The van der Waals surface area contributed by atoms with Crippen molar-refractivity contribution in [1.82, 2.24) is 14.3 Å². The van der Waals surface area contributed by atoms with Crippen molar-refractivity contribution in [2.45, 2.75) is 6.10 Å². The molecule has 3 heterocycles. The molecule has 5 heteroatoms. The number of nitrogens with zero attached hydrogens (tertiary/aromatic N) is 3. The molecule has 1 aliphatic rings. The molecule has 1 N–H and O–H groups in total. The second-order valence-electron chi connectivity index (χ2n) is 3.97. The molecule has 1 aliphatic heterocycles. The fourth-order valence-corrected chi connectivity index (χ4v) is 1.85. The van der Waals surface area contributed by atoms with E-state index >= 15 is 0 Å². The minimum Gasteiger partial charge on any atom is -0.389 e. The average molecular weight is 217 g/mol. The molecular formula is C11H11N3O2. The van der Waals surface area contributed by atoms with Gasteiger partial charge in [0.2, 0.25) is 0 Å². The first-order valence-electron chi connectivity index (χ1n) is 5.14. The average Bonchev–Trinajstić information content (AvgIpc) is 2.70. The summed E-state index contributed by atoms with van der Waals surface area (Å²) in [5, 5.41) is 9.14. The third-order valence-electron chi connectivity index (χ3n) is 2.79. The molecule has 0 radical (unpaired) electrons. The van der Waals surface area contributed by atoms with Crippen LogP contribution in [0.5, 0.6) is 0 Å². The summed E-state index contributed by atoms with van der Waals surface area (Å²) in [6.07, 6.45) is 4.97. The van der Waals surface area contributed by atoms with Gasteiger partial charge in [-0.05, 0) is 12.1 Å². The second-order valence-corrected chi connectivity index (χ2v) is 3.97. The fourth-order valence-electron chi connectivity index (χ4n) is 1.85. The number of aliphatic hydroxyl groups excluding tert-OH is 1. The zero-order chi connectivity index (χ0) is 11.1. The van der Waals surface area contributed by atoms with Gasteiger partial charge in [-0.2, -0.15) is 0 Å². The molecular weight excluding hydrogens is 206 g/mol. The Balaban J connectivity index is 1.90. The molecule has 0 atom stereocenters. The zero-order valence-corrected chi connectivity index (χ0v) is 8.58. The van der Waals surface area contributed by atoms with Crippen molar-refractivity contribution in [1.29, 1.82) is 0 Å². The van der Waals surface area contributed by atoms with Crippen LogP contribution in [0.2, 0.25) is 0 Å². The molecule has 0 aromatic carbocycles. The number of amides is 1. The highest BCUT2D eigenvalue weighted by Crippen LogP contribution is 2.14. The number of hydrogen-bond acceptors (Lipinski definition) is 3. The summed E-state index contributed by atoms with van der Waals surface area (Å²) in [4.78, 5) is 17.7. The quantitative estimate of drug-likeness (QED) is 0.739. The molecule has 16 heavy (non-hydrogen) atoms. The largest absolute Gasteiger partial charge is 0.389 e. The number of likely N-dealkylation sites (tertiary alicyclic amines) is 1. The molecule has 1 fully saturated rings. The molecule has 3 rings (SSSR count). The van der Waals surface area contributed by atoms with Gasteiger partial charge < -0.3 is 14.4 Å². The number of hydrogen-bond donors (Lipinski definition) is 1. The van der Waals surface area contributed by atoms with Gasteiger partial charge in [0.05, 0.1) is 6.10 Å². The maximum Gasteiger partial charge on any atom is 0.254 e. The summed E-state index contributed by atoms with van der Waals surface area (Å²) in [5.41, 5.74) is 1.37. The molecule has 0 spiro atoms. The summed E-state index contributed by atoms with van der Waals surface area (Å²) in [5.74, 6) is -0.0456. The number of carbonyl (C=O) groups excluding carboxylic acids is 1. The van der Waals surface area contributed by atoms with E-state index in [0.717, 1.165) is 5.65 Å². The van der Waals surface area contributed by atoms with E-state index < -0.39 is 0 Å². The van der Waals surface area contributed by atoms with E-state index in [9.17, 15) is 4.79 Å². The highest BCUT2D eigenvalue weighted by atomic mass is 16.3. The number of pyridine rings is 1. The minimum atomic E-state index is -0.362. The summed E-state index contributed by atoms with van der Waals surface area (Å²) in [6, 6.07) is 3.52. The van der Waals surface area contributed by atoms with Crippen molar-refractivity contribution in [3.05, 3.63) is 36.3 Å². The van der Waals surface area contributed by atoms with Gasteiger partial charge in [0.25, 0.3) is 5.91 Å². The zero-order valence-electron chi connectivity index (χ0n) is 8.58. The second kappa shape index (κ2) is 3.31. The smallest absolute Gasteiger partial charge is 0.254 e. The Morgan fingerprint density at radius 1 is 1.44 bits per heavy atom. The van der Waals surface area contributed by atoms with Crippen LogP contribution in [0.3, 0.4) is 0 Å². The van der Waals surface area contributed by atoms with Crippen LogP contribution in [-0.4, -0.2) is 44.5 Å². The summed E-state index contributed by atoms with van der Waals surface area (Å²) in [7, 11) is 0. The maximum absolute atomic E-state index is 11.9. The van der Waals surface area contributed by atoms with Crippen LogP contribution in [0.4, 0.5) is 0 Å².